The Balaban J connectivity index is 1.32. The topological polar surface area (TPSA) is 13.1 Å². The first-order chi connectivity index (χ1) is 25.0. The van der Waals surface area contributed by atoms with E-state index in [0.29, 0.717) is 16.7 Å². The second kappa shape index (κ2) is 10.2. The van der Waals surface area contributed by atoms with Crippen molar-refractivity contribution in [1.29, 1.82) is 0 Å². The molecule has 0 radical (unpaired) electrons. The van der Waals surface area contributed by atoms with Gasteiger partial charge in [-0.15, -0.1) is 0 Å². The molecule has 0 spiro atoms. The molecule has 0 aliphatic carbocycles. The lowest BCUT2D eigenvalue weighted by Gasteiger charge is -2.18. The fraction of sp³-hybridized carbons (Fsp3) is 0. The van der Waals surface area contributed by atoms with Gasteiger partial charge in [0, 0.05) is 10.8 Å². The maximum absolute atomic E-state index is 9.68. The number of benzene rings is 9. The smallest absolute Gasteiger partial charge is 0.136 e. The molecule has 0 atom stereocenters. The first-order valence-electron chi connectivity index (χ1n) is 17.9. The molecule has 0 amide bonds. The fourth-order valence-corrected chi connectivity index (χ4v) is 7.37. The lowest BCUT2D eigenvalue weighted by atomic mass is 9.84. The Hall–Kier alpha value is -6.18. The van der Waals surface area contributed by atoms with Gasteiger partial charge in [-0.1, -0.05) is 139 Å². The lowest BCUT2D eigenvalue weighted by molar-refractivity contribution is 0.669. The summed E-state index contributed by atoms with van der Waals surface area (Å²) in [6.45, 7) is 0. The molecule has 0 aliphatic rings. The normalized spacial score (nSPS) is 13.0. The molecular weight excluding hydrogens is 569 g/mol. The van der Waals surface area contributed by atoms with Gasteiger partial charge in [-0.3, -0.25) is 0 Å². The number of rotatable bonds is 3. The summed E-state index contributed by atoms with van der Waals surface area (Å²) < 4.78 is 43.5. The molecule has 0 fully saturated rings. The van der Waals surface area contributed by atoms with Crippen LogP contribution in [0, 0.1) is 0 Å². The molecule has 9 aromatic carbocycles. The Labute approximate surface area is 277 Å². The standard InChI is InChI=1S/C46H28O/c1-2-12-30-25-34(24-23-29(30)11-1)31-15-9-16-35(26-31)44-36-17-5-7-19-38(36)45(39-20-8-6-18-37(39)44)40-21-10-22-42-46(40)41-27-32-13-3-4-14-33(32)28-43(41)47-42/h1-28H/i9D,15D,16D,26D. The van der Waals surface area contributed by atoms with Crippen molar-refractivity contribution in [2.45, 2.75) is 0 Å². The van der Waals surface area contributed by atoms with Crippen LogP contribution in [0.3, 0.4) is 0 Å². The van der Waals surface area contributed by atoms with E-state index in [1.54, 1.807) is 0 Å². The van der Waals surface area contributed by atoms with Gasteiger partial charge < -0.3 is 4.42 Å². The van der Waals surface area contributed by atoms with Crippen molar-refractivity contribution in [2.75, 3.05) is 0 Å². The van der Waals surface area contributed by atoms with Gasteiger partial charge in [0.15, 0.2) is 0 Å². The molecule has 10 rings (SSSR count). The quantitative estimate of drug-likeness (QED) is 0.184. The maximum atomic E-state index is 9.68. The van der Waals surface area contributed by atoms with E-state index < -0.39 is 0 Å². The van der Waals surface area contributed by atoms with E-state index in [9.17, 15) is 2.74 Å². The van der Waals surface area contributed by atoms with Crippen LogP contribution in [0.1, 0.15) is 5.48 Å². The second-order valence-electron chi connectivity index (χ2n) is 12.1. The molecule has 0 saturated carbocycles. The molecule has 0 aliphatic heterocycles. The molecule has 1 aromatic heterocycles. The fourth-order valence-electron chi connectivity index (χ4n) is 7.37. The lowest BCUT2D eigenvalue weighted by Crippen LogP contribution is -1.91. The van der Waals surface area contributed by atoms with Crippen LogP contribution < -0.4 is 0 Å². The van der Waals surface area contributed by atoms with Gasteiger partial charge in [0.05, 0.1) is 5.48 Å². The molecule has 1 heteroatoms. The summed E-state index contributed by atoms with van der Waals surface area (Å²) in [5.74, 6) is 0. The average Bonchev–Trinajstić information content (AvgIpc) is 3.53. The van der Waals surface area contributed by atoms with Crippen LogP contribution in [0.5, 0.6) is 0 Å². The largest absolute Gasteiger partial charge is 0.456 e. The molecule has 10 aromatic rings. The highest BCUT2D eigenvalue weighted by atomic mass is 16.3. The Kier molecular flexibility index (Phi) is 4.83. The number of furan rings is 1. The van der Waals surface area contributed by atoms with Crippen LogP contribution in [0.25, 0.3) is 98.4 Å². The molecule has 1 nitrogen and oxygen atoms in total. The summed E-state index contributed by atoms with van der Waals surface area (Å²) >= 11 is 0. The van der Waals surface area contributed by atoms with Crippen LogP contribution in [0.15, 0.2) is 174 Å². The van der Waals surface area contributed by atoms with E-state index in [4.69, 9.17) is 7.16 Å². The van der Waals surface area contributed by atoms with Crippen molar-refractivity contribution in [3.8, 4) is 33.4 Å². The summed E-state index contributed by atoms with van der Waals surface area (Å²) in [6, 6.07) is 48.7. The minimum Gasteiger partial charge on any atom is -0.456 e. The van der Waals surface area contributed by atoms with Crippen LogP contribution in [0.4, 0.5) is 0 Å². The average molecular weight is 601 g/mol. The van der Waals surface area contributed by atoms with E-state index in [1.807, 2.05) is 84.9 Å². The molecule has 0 saturated heterocycles. The number of fused-ring (bicyclic) bond motifs is 7. The summed E-state index contributed by atoms with van der Waals surface area (Å²) in [5, 5.41) is 10.1. The predicted molar refractivity (Wildman–Crippen MR) is 200 cm³/mol. The zero-order valence-corrected chi connectivity index (χ0v) is 25.3. The summed E-state index contributed by atoms with van der Waals surface area (Å²) in [5.41, 5.74) is 5.85. The minimum atomic E-state index is -0.191. The Morgan fingerprint density at radius 1 is 0.404 bits per heavy atom. The third kappa shape index (κ3) is 4.03. The maximum Gasteiger partial charge on any atom is 0.136 e. The van der Waals surface area contributed by atoms with Crippen LogP contribution in [0.2, 0.25) is 0 Å². The van der Waals surface area contributed by atoms with Gasteiger partial charge in [0.25, 0.3) is 0 Å². The SMILES string of the molecule is [2H]c1c([2H])c(-c2ccc3ccccc3c2)c([2H])c(-c2c3ccccc3c(-c3cccc4oc5cc6ccccc6cc5c34)c3ccccc23)c1[2H]. The zero-order valence-electron chi connectivity index (χ0n) is 29.3. The van der Waals surface area contributed by atoms with Crippen molar-refractivity contribution in [1.82, 2.24) is 0 Å². The Morgan fingerprint density at radius 3 is 1.72 bits per heavy atom. The highest BCUT2D eigenvalue weighted by molar-refractivity contribution is 6.26. The Morgan fingerprint density at radius 2 is 1.00 bits per heavy atom. The van der Waals surface area contributed by atoms with Gasteiger partial charge >= 0.3 is 0 Å². The van der Waals surface area contributed by atoms with Gasteiger partial charge in [-0.25, -0.2) is 0 Å². The molecular formula is C46H28O. The summed E-state index contributed by atoms with van der Waals surface area (Å²) in [4.78, 5) is 0. The zero-order chi connectivity index (χ0) is 34.4. The van der Waals surface area contributed by atoms with Crippen molar-refractivity contribution in [2.24, 2.45) is 0 Å². The monoisotopic (exact) mass is 600 g/mol. The summed E-state index contributed by atoms with van der Waals surface area (Å²) in [6.07, 6.45) is 0. The van der Waals surface area contributed by atoms with E-state index in [-0.39, 0.29) is 24.2 Å². The highest BCUT2D eigenvalue weighted by Crippen LogP contribution is 2.47. The first-order valence-corrected chi connectivity index (χ1v) is 15.9. The van der Waals surface area contributed by atoms with Crippen LogP contribution >= 0.6 is 0 Å². The highest BCUT2D eigenvalue weighted by Gasteiger charge is 2.20. The molecule has 0 unspecified atom stereocenters. The number of hydrogen-bond acceptors (Lipinski definition) is 1. The third-order valence-electron chi connectivity index (χ3n) is 9.48. The number of hydrogen-bond donors (Lipinski definition) is 0. The molecule has 218 valence electrons. The van der Waals surface area contributed by atoms with Gasteiger partial charge in [0.1, 0.15) is 11.2 Å². The summed E-state index contributed by atoms with van der Waals surface area (Å²) in [7, 11) is 0. The van der Waals surface area contributed by atoms with E-state index in [2.05, 4.69) is 60.7 Å². The molecule has 1 heterocycles. The predicted octanol–water partition coefficient (Wildman–Crippen LogP) is 13.2. The van der Waals surface area contributed by atoms with Crippen LogP contribution in [-0.4, -0.2) is 0 Å². The minimum absolute atomic E-state index is 0.0779. The van der Waals surface area contributed by atoms with Crippen molar-refractivity contribution in [3.05, 3.63) is 170 Å². The second-order valence-corrected chi connectivity index (χ2v) is 12.1. The van der Waals surface area contributed by atoms with Crippen LogP contribution in [-0.2, 0) is 0 Å². The molecule has 0 bridgehead atoms. The third-order valence-corrected chi connectivity index (χ3v) is 9.48. The van der Waals surface area contributed by atoms with E-state index in [1.165, 1.54) is 0 Å². The van der Waals surface area contributed by atoms with E-state index in [0.717, 1.165) is 81.7 Å². The molecule has 0 N–H and O–H groups in total. The van der Waals surface area contributed by atoms with Gasteiger partial charge in [0.2, 0.25) is 0 Å². The van der Waals surface area contributed by atoms with E-state index >= 15 is 0 Å². The van der Waals surface area contributed by atoms with Gasteiger partial charge in [-0.2, -0.15) is 0 Å². The van der Waals surface area contributed by atoms with Gasteiger partial charge in [-0.05, 0) is 107 Å². The van der Waals surface area contributed by atoms with Crippen molar-refractivity contribution >= 4 is 65.0 Å². The molecule has 47 heavy (non-hydrogen) atoms. The Bertz CT molecular complexity index is 3030. The van der Waals surface area contributed by atoms with Crippen molar-refractivity contribution < 1.29 is 9.90 Å². The first kappa shape index (κ1) is 22.3. The van der Waals surface area contributed by atoms with Crippen molar-refractivity contribution in [3.63, 3.8) is 0 Å².